The molecule has 1 N–H and O–H groups in total. The van der Waals surface area contributed by atoms with Gasteiger partial charge in [0.25, 0.3) is 0 Å². The molecule has 8 heteroatoms. The summed E-state index contributed by atoms with van der Waals surface area (Å²) in [6, 6.07) is 0. The van der Waals surface area contributed by atoms with Gasteiger partial charge in [-0.15, -0.1) is 0 Å². The quantitative estimate of drug-likeness (QED) is 0.823. The molecule has 1 fully saturated rings. The molecule has 1 aliphatic heterocycles. The van der Waals surface area contributed by atoms with E-state index in [2.05, 4.69) is 0 Å². The number of aliphatic carboxylic acids is 1. The van der Waals surface area contributed by atoms with E-state index < -0.39 is 30.0 Å². The van der Waals surface area contributed by atoms with E-state index in [0.29, 0.717) is 4.90 Å². The molecule has 0 aromatic rings. The second-order valence-electron chi connectivity index (χ2n) is 4.30. The summed E-state index contributed by atoms with van der Waals surface area (Å²) in [5.74, 6) is -3.18. The van der Waals surface area contributed by atoms with Gasteiger partial charge in [0, 0.05) is 26.8 Å². The van der Waals surface area contributed by atoms with E-state index in [1.165, 1.54) is 7.11 Å². The van der Waals surface area contributed by atoms with Gasteiger partial charge >= 0.3 is 18.1 Å². The van der Waals surface area contributed by atoms with E-state index in [0.717, 1.165) is 0 Å². The van der Waals surface area contributed by atoms with Crippen LogP contribution in [0.1, 0.15) is 12.8 Å². The number of amides is 1. The fraction of sp³-hybridized carbons (Fsp3) is 0.800. The summed E-state index contributed by atoms with van der Waals surface area (Å²) in [4.78, 5) is 22.7. The molecule has 1 unspecified atom stereocenters. The number of rotatable bonds is 4. The van der Waals surface area contributed by atoms with Gasteiger partial charge in [0.1, 0.15) is 0 Å². The SMILES string of the molecule is COCCC1(C(=O)O)CCN(C(=O)C(F)(F)F)C1. The third-order valence-electron chi connectivity index (χ3n) is 3.12. The van der Waals surface area contributed by atoms with Gasteiger partial charge in [0.05, 0.1) is 5.41 Å². The van der Waals surface area contributed by atoms with Crippen molar-refractivity contribution in [3.05, 3.63) is 0 Å². The highest BCUT2D eigenvalue weighted by atomic mass is 19.4. The largest absolute Gasteiger partial charge is 0.481 e. The molecule has 0 bridgehead atoms. The molecule has 1 heterocycles. The number of nitrogens with zero attached hydrogens (tertiary/aromatic N) is 1. The van der Waals surface area contributed by atoms with Crippen LogP contribution in [0.2, 0.25) is 0 Å². The molecule has 0 radical (unpaired) electrons. The van der Waals surface area contributed by atoms with E-state index in [1.54, 1.807) is 0 Å². The van der Waals surface area contributed by atoms with Crippen LogP contribution in [-0.2, 0) is 14.3 Å². The van der Waals surface area contributed by atoms with Gasteiger partial charge < -0.3 is 14.7 Å². The molecule has 18 heavy (non-hydrogen) atoms. The number of alkyl halides is 3. The van der Waals surface area contributed by atoms with Crippen molar-refractivity contribution in [1.29, 1.82) is 0 Å². The molecule has 1 rings (SSSR count). The second-order valence-corrected chi connectivity index (χ2v) is 4.30. The number of halogens is 3. The van der Waals surface area contributed by atoms with Crippen molar-refractivity contribution < 1.29 is 32.6 Å². The lowest BCUT2D eigenvalue weighted by Crippen LogP contribution is -2.42. The first-order valence-corrected chi connectivity index (χ1v) is 5.31. The minimum absolute atomic E-state index is 0.00745. The van der Waals surface area contributed by atoms with Gasteiger partial charge in [0.2, 0.25) is 0 Å². The van der Waals surface area contributed by atoms with Gasteiger partial charge in [-0.1, -0.05) is 0 Å². The van der Waals surface area contributed by atoms with Crippen molar-refractivity contribution in [3.8, 4) is 0 Å². The van der Waals surface area contributed by atoms with E-state index >= 15 is 0 Å². The Morgan fingerprint density at radius 3 is 2.50 bits per heavy atom. The summed E-state index contributed by atoms with van der Waals surface area (Å²) in [6.45, 7) is -0.501. The number of carboxylic acids is 1. The highest BCUT2D eigenvalue weighted by molar-refractivity contribution is 5.84. The Morgan fingerprint density at radius 2 is 2.06 bits per heavy atom. The van der Waals surface area contributed by atoms with Crippen LogP contribution in [0, 0.1) is 5.41 Å². The topological polar surface area (TPSA) is 66.8 Å². The van der Waals surface area contributed by atoms with Crippen LogP contribution in [0.3, 0.4) is 0 Å². The zero-order valence-electron chi connectivity index (χ0n) is 9.79. The van der Waals surface area contributed by atoms with Crippen molar-refractivity contribution in [2.45, 2.75) is 19.0 Å². The average molecular weight is 269 g/mol. The molecule has 0 aromatic heterocycles. The Morgan fingerprint density at radius 1 is 1.44 bits per heavy atom. The zero-order chi connectivity index (χ0) is 14.0. The maximum absolute atomic E-state index is 12.2. The lowest BCUT2D eigenvalue weighted by molar-refractivity contribution is -0.185. The Hall–Kier alpha value is -1.31. The number of ether oxygens (including phenoxy) is 1. The van der Waals surface area contributed by atoms with Gasteiger partial charge in [-0.3, -0.25) is 9.59 Å². The normalized spacial score (nSPS) is 24.3. The Labute approximate surface area is 102 Å². The van der Waals surface area contributed by atoms with E-state index in [-0.39, 0.29) is 26.0 Å². The summed E-state index contributed by atoms with van der Waals surface area (Å²) in [5.41, 5.74) is -1.34. The molecule has 5 nitrogen and oxygen atoms in total. The average Bonchev–Trinajstić information content (AvgIpc) is 2.69. The minimum atomic E-state index is -4.96. The third-order valence-corrected chi connectivity index (χ3v) is 3.12. The minimum Gasteiger partial charge on any atom is -0.481 e. The summed E-state index contributed by atoms with van der Waals surface area (Å²) in [6.07, 6.45) is -4.87. The van der Waals surface area contributed by atoms with Gasteiger partial charge in [0.15, 0.2) is 0 Å². The van der Waals surface area contributed by atoms with Gasteiger partial charge in [-0.25, -0.2) is 0 Å². The fourth-order valence-corrected chi connectivity index (χ4v) is 2.01. The Kier molecular flexibility index (Phi) is 4.20. The van der Waals surface area contributed by atoms with Crippen molar-refractivity contribution in [2.24, 2.45) is 5.41 Å². The molecule has 104 valence electrons. The van der Waals surface area contributed by atoms with E-state index in [4.69, 9.17) is 9.84 Å². The summed E-state index contributed by atoms with van der Waals surface area (Å²) in [5, 5.41) is 9.12. The number of likely N-dealkylation sites (tertiary alicyclic amines) is 1. The molecular weight excluding hydrogens is 255 g/mol. The summed E-state index contributed by atoms with van der Waals surface area (Å²) >= 11 is 0. The lowest BCUT2D eigenvalue weighted by Gasteiger charge is -2.24. The van der Waals surface area contributed by atoms with Gasteiger partial charge in [-0.05, 0) is 12.8 Å². The zero-order valence-corrected chi connectivity index (χ0v) is 9.79. The summed E-state index contributed by atoms with van der Waals surface area (Å²) in [7, 11) is 1.38. The molecular formula is C10H14F3NO4. The highest BCUT2D eigenvalue weighted by Crippen LogP contribution is 2.36. The van der Waals surface area contributed by atoms with Crippen molar-refractivity contribution in [1.82, 2.24) is 4.90 Å². The number of hydrogen-bond acceptors (Lipinski definition) is 3. The van der Waals surface area contributed by atoms with Crippen LogP contribution in [0.25, 0.3) is 0 Å². The number of carbonyl (C=O) groups excluding carboxylic acids is 1. The predicted molar refractivity (Wildman–Crippen MR) is 53.8 cm³/mol. The molecule has 0 aromatic carbocycles. The molecule has 0 aliphatic carbocycles. The van der Waals surface area contributed by atoms with Crippen molar-refractivity contribution in [3.63, 3.8) is 0 Å². The molecule has 1 amide bonds. The van der Waals surface area contributed by atoms with Gasteiger partial charge in [-0.2, -0.15) is 13.2 Å². The van der Waals surface area contributed by atoms with Crippen LogP contribution < -0.4 is 0 Å². The first-order chi connectivity index (χ1) is 8.23. The third kappa shape index (κ3) is 2.92. The number of hydrogen-bond donors (Lipinski definition) is 1. The molecule has 0 saturated carbocycles. The number of carboxylic acid groups (broad SMARTS) is 1. The smallest absolute Gasteiger partial charge is 0.471 e. The Balaban J connectivity index is 2.77. The second kappa shape index (κ2) is 5.13. The lowest BCUT2D eigenvalue weighted by atomic mass is 9.84. The summed E-state index contributed by atoms with van der Waals surface area (Å²) < 4.78 is 41.5. The predicted octanol–water partition coefficient (Wildman–Crippen LogP) is 0.889. The van der Waals surface area contributed by atoms with Crippen LogP contribution in [-0.4, -0.2) is 54.9 Å². The fourth-order valence-electron chi connectivity index (χ4n) is 2.01. The van der Waals surface area contributed by atoms with Crippen molar-refractivity contribution in [2.75, 3.05) is 26.8 Å². The van der Waals surface area contributed by atoms with E-state index in [9.17, 15) is 22.8 Å². The van der Waals surface area contributed by atoms with Crippen LogP contribution in [0.5, 0.6) is 0 Å². The van der Waals surface area contributed by atoms with Crippen LogP contribution in [0.4, 0.5) is 13.2 Å². The van der Waals surface area contributed by atoms with Crippen molar-refractivity contribution >= 4 is 11.9 Å². The molecule has 1 saturated heterocycles. The standard InChI is InChI=1S/C10H14F3NO4/c1-18-5-3-9(8(16)17)2-4-14(6-9)7(15)10(11,12)13/h2-6H2,1H3,(H,16,17). The maximum Gasteiger partial charge on any atom is 0.471 e. The molecule has 0 spiro atoms. The highest BCUT2D eigenvalue weighted by Gasteiger charge is 2.51. The Bertz CT molecular complexity index is 345. The first-order valence-electron chi connectivity index (χ1n) is 5.31. The van der Waals surface area contributed by atoms with E-state index in [1.807, 2.05) is 0 Å². The maximum atomic E-state index is 12.2. The number of methoxy groups -OCH3 is 1. The molecule has 1 atom stereocenters. The number of carbonyl (C=O) groups is 2. The van der Waals surface area contributed by atoms with Crippen LogP contribution >= 0.6 is 0 Å². The first kappa shape index (κ1) is 14.7. The van der Waals surface area contributed by atoms with Crippen LogP contribution in [0.15, 0.2) is 0 Å². The monoisotopic (exact) mass is 269 g/mol. The molecule has 1 aliphatic rings.